The third-order valence-corrected chi connectivity index (χ3v) is 8.58. The Kier molecular flexibility index (Phi) is 6.90. The zero-order valence-corrected chi connectivity index (χ0v) is 21.0. The van der Waals surface area contributed by atoms with Gasteiger partial charge in [-0.15, -0.1) is 0 Å². The van der Waals surface area contributed by atoms with E-state index in [1.807, 2.05) is 4.90 Å². The topological polar surface area (TPSA) is 92.9 Å². The van der Waals surface area contributed by atoms with Crippen molar-refractivity contribution in [3.63, 3.8) is 0 Å². The number of hydrogen-bond donors (Lipinski definition) is 2. The van der Waals surface area contributed by atoms with E-state index in [-0.39, 0.29) is 41.7 Å². The number of likely N-dealkylation sites (tertiary alicyclic amines) is 1. The second kappa shape index (κ2) is 9.70. The molecule has 3 fully saturated rings. The van der Waals surface area contributed by atoms with Crippen molar-refractivity contribution in [3.05, 3.63) is 29.1 Å². The number of nitrogens with zero attached hydrogens (tertiary/aromatic N) is 3. The molecule has 4 heterocycles. The number of pyridine rings is 1. The van der Waals surface area contributed by atoms with Gasteiger partial charge in [-0.1, -0.05) is 0 Å². The number of thiocarbonyl (C=S) groups is 1. The fourth-order valence-electron chi connectivity index (χ4n) is 6.50. The van der Waals surface area contributed by atoms with Crippen LogP contribution < -0.4 is 11.1 Å². The van der Waals surface area contributed by atoms with Crippen molar-refractivity contribution in [1.29, 1.82) is 0 Å². The van der Waals surface area contributed by atoms with Gasteiger partial charge < -0.3 is 30.3 Å². The average Bonchev–Trinajstić information content (AvgIpc) is 3.38. The normalized spacial score (nSPS) is 32.3. The van der Waals surface area contributed by atoms with E-state index >= 15 is 0 Å². The first kappa shape index (κ1) is 25.6. The van der Waals surface area contributed by atoms with E-state index in [1.165, 1.54) is 0 Å². The molecule has 12 heteroatoms. The maximum absolute atomic E-state index is 14.1. The number of fused-ring (bicyclic) bond motifs is 2. The molecule has 0 aromatic carbocycles. The van der Waals surface area contributed by atoms with Crippen molar-refractivity contribution in [1.82, 2.24) is 20.1 Å². The SMILES string of the molecule is CO[C@@H]1COCC[C@@H]1N[C@@H]1C[C@H]2CN(C(N)=S)C[C@@]2(C(=O)N2CCc3ncc(C(F)(F)F)cc3C2)C1. The van der Waals surface area contributed by atoms with Crippen LogP contribution in [0.15, 0.2) is 12.3 Å². The summed E-state index contributed by atoms with van der Waals surface area (Å²) >= 11 is 5.24. The predicted molar refractivity (Wildman–Crippen MR) is 129 cm³/mol. The Morgan fingerprint density at radius 1 is 1.39 bits per heavy atom. The largest absolute Gasteiger partial charge is 0.417 e. The highest BCUT2D eigenvalue weighted by Crippen LogP contribution is 2.50. The van der Waals surface area contributed by atoms with E-state index < -0.39 is 17.2 Å². The van der Waals surface area contributed by atoms with Crippen LogP contribution in [0.1, 0.15) is 36.1 Å². The van der Waals surface area contributed by atoms with Crippen LogP contribution in [0, 0.1) is 11.3 Å². The lowest BCUT2D eigenvalue weighted by Crippen LogP contribution is -2.52. The van der Waals surface area contributed by atoms with Crippen molar-refractivity contribution in [2.75, 3.05) is 40.0 Å². The molecule has 3 N–H and O–H groups in total. The minimum absolute atomic E-state index is 0.0334. The van der Waals surface area contributed by atoms with Crippen molar-refractivity contribution < 1.29 is 27.4 Å². The lowest BCUT2D eigenvalue weighted by Gasteiger charge is -2.37. The number of amides is 1. The summed E-state index contributed by atoms with van der Waals surface area (Å²) in [5, 5.41) is 3.99. The summed E-state index contributed by atoms with van der Waals surface area (Å²) in [6.45, 7) is 2.77. The van der Waals surface area contributed by atoms with E-state index in [4.69, 9.17) is 27.4 Å². The van der Waals surface area contributed by atoms with Crippen LogP contribution in [-0.2, 0) is 33.4 Å². The van der Waals surface area contributed by atoms with Gasteiger partial charge in [0.05, 0.1) is 23.7 Å². The monoisotopic (exact) mass is 527 g/mol. The number of halogens is 3. The second-order valence-corrected chi connectivity index (χ2v) is 10.8. The van der Waals surface area contributed by atoms with E-state index in [9.17, 15) is 18.0 Å². The van der Waals surface area contributed by atoms with Gasteiger partial charge in [0.2, 0.25) is 5.91 Å². The van der Waals surface area contributed by atoms with Crippen LogP contribution in [-0.4, -0.2) is 83.9 Å². The van der Waals surface area contributed by atoms with Crippen LogP contribution in [0.25, 0.3) is 0 Å². The zero-order chi connectivity index (χ0) is 25.7. The summed E-state index contributed by atoms with van der Waals surface area (Å²) in [5.74, 6) is 0.0137. The molecule has 0 unspecified atom stereocenters. The van der Waals surface area contributed by atoms with Gasteiger partial charge in [0.1, 0.15) is 0 Å². The van der Waals surface area contributed by atoms with E-state index in [1.54, 1.807) is 12.0 Å². The maximum atomic E-state index is 14.1. The lowest BCUT2D eigenvalue weighted by molar-refractivity contribution is -0.143. The molecule has 36 heavy (non-hydrogen) atoms. The molecule has 0 bridgehead atoms. The molecule has 4 aliphatic rings. The van der Waals surface area contributed by atoms with Crippen molar-refractivity contribution in [2.24, 2.45) is 17.1 Å². The number of methoxy groups -OCH3 is 1. The van der Waals surface area contributed by atoms with Gasteiger partial charge in [-0.25, -0.2) is 0 Å². The Balaban J connectivity index is 1.36. The summed E-state index contributed by atoms with van der Waals surface area (Å²) in [4.78, 5) is 21.8. The maximum Gasteiger partial charge on any atom is 0.417 e. The number of rotatable bonds is 4. The number of hydrogen-bond acceptors (Lipinski definition) is 6. The Hall–Kier alpha value is -2.02. The molecule has 1 aromatic rings. The van der Waals surface area contributed by atoms with Gasteiger partial charge in [0.15, 0.2) is 5.11 Å². The van der Waals surface area contributed by atoms with Crippen LogP contribution in [0.5, 0.6) is 0 Å². The van der Waals surface area contributed by atoms with Crippen molar-refractivity contribution in [3.8, 4) is 0 Å². The third kappa shape index (κ3) is 4.68. The van der Waals surface area contributed by atoms with Gasteiger partial charge in [-0.3, -0.25) is 9.78 Å². The highest BCUT2D eigenvalue weighted by molar-refractivity contribution is 7.80. The van der Waals surface area contributed by atoms with Gasteiger partial charge in [-0.05, 0) is 49.0 Å². The Labute approximate surface area is 213 Å². The van der Waals surface area contributed by atoms with Gasteiger partial charge in [-0.2, -0.15) is 13.2 Å². The first-order valence-corrected chi connectivity index (χ1v) is 12.8. The minimum Gasteiger partial charge on any atom is -0.379 e. The number of alkyl halides is 3. The summed E-state index contributed by atoms with van der Waals surface area (Å²) < 4.78 is 50.9. The highest BCUT2D eigenvalue weighted by Gasteiger charge is 2.59. The molecular weight excluding hydrogens is 495 g/mol. The van der Waals surface area contributed by atoms with Gasteiger partial charge >= 0.3 is 6.18 Å². The van der Waals surface area contributed by atoms with Gasteiger partial charge in [0, 0.05) is 70.3 Å². The van der Waals surface area contributed by atoms with Crippen LogP contribution in [0.4, 0.5) is 13.2 Å². The quantitative estimate of drug-likeness (QED) is 0.572. The lowest BCUT2D eigenvalue weighted by atomic mass is 9.78. The van der Waals surface area contributed by atoms with Crippen molar-refractivity contribution >= 4 is 23.2 Å². The predicted octanol–water partition coefficient (Wildman–Crippen LogP) is 1.70. The smallest absolute Gasteiger partial charge is 0.379 e. The molecule has 8 nitrogen and oxygen atoms in total. The second-order valence-electron chi connectivity index (χ2n) is 10.4. The summed E-state index contributed by atoms with van der Waals surface area (Å²) in [6.07, 6.45) is -0.979. The standard InChI is InChI=1S/C24H32F3N5O3S/c1-34-20-12-35-5-3-19(20)30-17-7-16-11-32(22(28)36)13-23(16,8-17)21(33)31-4-2-18-14(10-31)6-15(9-29-18)24(25,26)27/h6,9,16-17,19-20,30H,2-5,7-8,10-13H2,1H3,(H2,28,36)/t16-,17+,19-,20+,23-/m0/s1. The first-order valence-electron chi connectivity index (χ1n) is 12.4. The number of carbonyl (C=O) groups is 1. The minimum atomic E-state index is -4.48. The zero-order valence-electron chi connectivity index (χ0n) is 20.2. The Morgan fingerprint density at radius 3 is 2.92 bits per heavy atom. The molecule has 1 aromatic heterocycles. The molecule has 1 amide bonds. The average molecular weight is 528 g/mol. The molecule has 198 valence electrons. The summed E-state index contributed by atoms with van der Waals surface area (Å²) in [6, 6.07) is 1.38. The molecule has 1 aliphatic carbocycles. The molecule has 5 atom stereocenters. The van der Waals surface area contributed by atoms with Crippen LogP contribution in [0.2, 0.25) is 0 Å². The third-order valence-electron chi connectivity index (χ3n) is 8.32. The number of nitrogens with two attached hydrogens (primary N) is 1. The van der Waals surface area contributed by atoms with E-state index in [0.29, 0.717) is 56.9 Å². The molecule has 2 saturated heterocycles. The summed E-state index contributed by atoms with van der Waals surface area (Å²) in [7, 11) is 1.68. The van der Waals surface area contributed by atoms with Crippen LogP contribution >= 0.6 is 12.2 Å². The Morgan fingerprint density at radius 2 is 2.19 bits per heavy atom. The van der Waals surface area contributed by atoms with E-state index in [2.05, 4.69) is 10.3 Å². The summed E-state index contributed by atoms with van der Waals surface area (Å²) in [5.41, 5.74) is 5.54. The fourth-order valence-corrected chi connectivity index (χ4v) is 6.64. The fraction of sp³-hybridized carbons (Fsp3) is 0.708. The van der Waals surface area contributed by atoms with Gasteiger partial charge in [0.25, 0.3) is 0 Å². The van der Waals surface area contributed by atoms with Crippen molar-refractivity contribution in [2.45, 2.75) is 56.6 Å². The molecule has 5 rings (SSSR count). The number of aromatic nitrogens is 1. The first-order chi connectivity index (χ1) is 17.1. The van der Waals surface area contributed by atoms with Crippen LogP contribution in [0.3, 0.4) is 0 Å². The molecule has 1 saturated carbocycles. The molecule has 0 spiro atoms. The van der Waals surface area contributed by atoms with E-state index in [0.717, 1.165) is 25.1 Å². The number of nitrogens with one attached hydrogen (secondary N) is 1. The number of carbonyl (C=O) groups excluding carboxylic acids is 1. The highest BCUT2D eigenvalue weighted by atomic mass is 32.1. The number of ether oxygens (including phenoxy) is 2. The molecule has 0 radical (unpaired) electrons. The molecule has 3 aliphatic heterocycles. The Bertz CT molecular complexity index is 1030. The molecular formula is C24H32F3N5O3S.